The van der Waals surface area contributed by atoms with E-state index in [1.165, 1.54) is 13.2 Å². The van der Waals surface area contributed by atoms with Crippen molar-refractivity contribution in [1.29, 1.82) is 0 Å². The first-order valence-corrected chi connectivity index (χ1v) is 8.02. The quantitative estimate of drug-likeness (QED) is 0.911. The first-order chi connectivity index (χ1) is 10.00. The van der Waals surface area contributed by atoms with Crippen molar-refractivity contribution in [3.8, 4) is 5.75 Å². The third kappa shape index (κ3) is 4.51. The maximum absolute atomic E-state index is 12.0. The molecule has 4 nitrogen and oxygen atoms in total. The number of sulfonamides is 1. The molecule has 0 heterocycles. The Morgan fingerprint density at radius 3 is 2.62 bits per heavy atom. The largest absolute Gasteiger partial charge is 0.497 e. The molecule has 2 rings (SSSR count). The number of nitrogens with one attached hydrogen (secondary N) is 1. The van der Waals surface area contributed by atoms with E-state index >= 15 is 0 Å². The van der Waals surface area contributed by atoms with E-state index in [0.29, 0.717) is 22.0 Å². The smallest absolute Gasteiger partial charge is 0.255 e. The summed E-state index contributed by atoms with van der Waals surface area (Å²) in [4.78, 5) is 0. The summed E-state index contributed by atoms with van der Waals surface area (Å²) >= 11 is 5.97. The third-order valence-electron chi connectivity index (χ3n) is 2.66. The summed E-state index contributed by atoms with van der Waals surface area (Å²) in [6.45, 7) is 0. The van der Waals surface area contributed by atoms with Crippen LogP contribution in [0.3, 0.4) is 0 Å². The second-order valence-electron chi connectivity index (χ2n) is 4.20. The Labute approximate surface area is 129 Å². The monoisotopic (exact) mass is 323 g/mol. The normalized spacial score (nSPS) is 11.5. The van der Waals surface area contributed by atoms with Crippen LogP contribution in [0, 0.1) is 0 Å². The molecule has 0 aromatic heterocycles. The van der Waals surface area contributed by atoms with Crippen molar-refractivity contribution in [1.82, 2.24) is 0 Å². The Morgan fingerprint density at radius 2 is 1.90 bits per heavy atom. The fourth-order valence-corrected chi connectivity index (χ4v) is 2.71. The van der Waals surface area contributed by atoms with Gasteiger partial charge >= 0.3 is 0 Å². The summed E-state index contributed by atoms with van der Waals surface area (Å²) in [6.07, 6.45) is 1.45. The van der Waals surface area contributed by atoms with E-state index in [1.807, 2.05) is 0 Å². The molecule has 0 saturated heterocycles. The maximum atomic E-state index is 12.0. The number of methoxy groups -OCH3 is 1. The van der Waals surface area contributed by atoms with Gasteiger partial charge in [-0.3, -0.25) is 4.72 Å². The van der Waals surface area contributed by atoms with Gasteiger partial charge in [0.25, 0.3) is 10.0 Å². The van der Waals surface area contributed by atoms with Gasteiger partial charge in [-0.15, -0.1) is 0 Å². The van der Waals surface area contributed by atoms with E-state index in [1.54, 1.807) is 48.5 Å². The standard InChI is InChI=1S/C15H14ClNO3S/c1-20-14-7-4-6-13(11-14)17-21(18,19)10-9-12-5-2-3-8-15(12)16/h2-11,17H,1H3/b10-9+. The number of halogens is 1. The number of hydrogen-bond donors (Lipinski definition) is 1. The minimum atomic E-state index is -3.62. The zero-order valence-electron chi connectivity index (χ0n) is 11.3. The van der Waals surface area contributed by atoms with E-state index in [9.17, 15) is 8.42 Å². The van der Waals surface area contributed by atoms with Gasteiger partial charge in [0.15, 0.2) is 0 Å². The molecule has 0 fully saturated rings. The summed E-state index contributed by atoms with van der Waals surface area (Å²) in [5, 5.41) is 1.57. The molecule has 0 spiro atoms. The third-order valence-corrected chi connectivity index (χ3v) is 4.02. The minimum absolute atomic E-state index is 0.429. The summed E-state index contributed by atoms with van der Waals surface area (Å²) in [5.74, 6) is 0.574. The molecule has 2 aromatic carbocycles. The van der Waals surface area contributed by atoms with Crippen LogP contribution in [0.4, 0.5) is 5.69 Å². The zero-order chi connectivity index (χ0) is 15.3. The predicted octanol–water partition coefficient (Wildman–Crippen LogP) is 3.76. The Morgan fingerprint density at radius 1 is 1.14 bits per heavy atom. The number of benzene rings is 2. The van der Waals surface area contributed by atoms with E-state index in [2.05, 4.69) is 4.72 Å². The van der Waals surface area contributed by atoms with Crippen LogP contribution < -0.4 is 9.46 Å². The average molecular weight is 324 g/mol. The number of rotatable bonds is 5. The molecule has 6 heteroatoms. The van der Waals surface area contributed by atoms with E-state index in [0.717, 1.165) is 5.41 Å². The fraction of sp³-hybridized carbons (Fsp3) is 0.0667. The highest BCUT2D eigenvalue weighted by molar-refractivity contribution is 7.95. The highest BCUT2D eigenvalue weighted by atomic mass is 35.5. The summed E-state index contributed by atoms with van der Waals surface area (Å²) < 4.78 is 31.5. The van der Waals surface area contributed by atoms with Crippen molar-refractivity contribution >= 4 is 33.4 Å². The van der Waals surface area contributed by atoms with Crippen LogP contribution >= 0.6 is 11.6 Å². The van der Waals surface area contributed by atoms with E-state index in [4.69, 9.17) is 16.3 Å². The summed E-state index contributed by atoms with van der Waals surface area (Å²) in [6, 6.07) is 13.7. The van der Waals surface area contributed by atoms with Gasteiger partial charge in [0.1, 0.15) is 5.75 Å². The number of anilines is 1. The molecule has 0 radical (unpaired) electrons. The molecule has 0 aliphatic carbocycles. The molecular formula is C15H14ClNO3S. The molecular weight excluding hydrogens is 310 g/mol. The lowest BCUT2D eigenvalue weighted by molar-refractivity contribution is 0.415. The van der Waals surface area contributed by atoms with Crippen LogP contribution in [-0.2, 0) is 10.0 Å². The molecule has 0 bridgehead atoms. The van der Waals surface area contributed by atoms with Crippen LogP contribution in [0.15, 0.2) is 53.9 Å². The molecule has 0 aliphatic heterocycles. The fourth-order valence-electron chi connectivity index (χ4n) is 1.66. The van der Waals surface area contributed by atoms with Gasteiger partial charge in [-0.25, -0.2) is 8.42 Å². The van der Waals surface area contributed by atoms with Crippen LogP contribution in [0.2, 0.25) is 5.02 Å². The van der Waals surface area contributed by atoms with Crippen molar-refractivity contribution in [3.63, 3.8) is 0 Å². The lowest BCUT2D eigenvalue weighted by atomic mass is 10.2. The van der Waals surface area contributed by atoms with Crippen molar-refractivity contribution in [2.75, 3.05) is 11.8 Å². The van der Waals surface area contributed by atoms with Gasteiger partial charge in [0.05, 0.1) is 18.2 Å². The van der Waals surface area contributed by atoms with Gasteiger partial charge < -0.3 is 4.74 Å². The van der Waals surface area contributed by atoms with Crippen LogP contribution in [0.1, 0.15) is 5.56 Å². The topological polar surface area (TPSA) is 55.4 Å². The Balaban J connectivity index is 2.17. The van der Waals surface area contributed by atoms with Gasteiger partial charge in [0.2, 0.25) is 0 Å². The zero-order valence-corrected chi connectivity index (χ0v) is 12.9. The first-order valence-electron chi connectivity index (χ1n) is 6.10. The Kier molecular flexibility index (Phi) is 4.88. The summed E-state index contributed by atoms with van der Waals surface area (Å²) in [5.41, 5.74) is 1.06. The van der Waals surface area contributed by atoms with E-state index < -0.39 is 10.0 Å². The minimum Gasteiger partial charge on any atom is -0.497 e. The highest BCUT2D eigenvalue weighted by Gasteiger charge is 2.06. The summed E-state index contributed by atoms with van der Waals surface area (Å²) in [7, 11) is -2.10. The van der Waals surface area contributed by atoms with Gasteiger partial charge in [-0.2, -0.15) is 0 Å². The highest BCUT2D eigenvalue weighted by Crippen LogP contribution is 2.20. The molecule has 0 saturated carbocycles. The molecule has 0 amide bonds. The molecule has 1 N–H and O–H groups in total. The Bertz CT molecular complexity index is 757. The predicted molar refractivity (Wildman–Crippen MR) is 86.0 cm³/mol. The molecule has 0 aliphatic rings. The molecule has 110 valence electrons. The van der Waals surface area contributed by atoms with Gasteiger partial charge in [-0.05, 0) is 29.8 Å². The first kappa shape index (κ1) is 15.4. The molecule has 21 heavy (non-hydrogen) atoms. The van der Waals surface area contributed by atoms with Crippen LogP contribution in [0.5, 0.6) is 5.75 Å². The van der Waals surface area contributed by atoms with Crippen molar-refractivity contribution in [3.05, 3.63) is 64.5 Å². The van der Waals surface area contributed by atoms with Crippen molar-refractivity contribution in [2.45, 2.75) is 0 Å². The SMILES string of the molecule is COc1cccc(NS(=O)(=O)/C=C/c2ccccc2Cl)c1. The van der Waals surface area contributed by atoms with Crippen molar-refractivity contribution < 1.29 is 13.2 Å². The van der Waals surface area contributed by atoms with E-state index in [-0.39, 0.29) is 0 Å². The van der Waals surface area contributed by atoms with Crippen molar-refractivity contribution in [2.24, 2.45) is 0 Å². The number of hydrogen-bond acceptors (Lipinski definition) is 3. The number of ether oxygens (including phenoxy) is 1. The Hall–Kier alpha value is -1.98. The molecule has 0 atom stereocenters. The van der Waals surface area contributed by atoms with Gasteiger partial charge in [-0.1, -0.05) is 35.9 Å². The molecule has 0 unspecified atom stereocenters. The lowest BCUT2D eigenvalue weighted by Crippen LogP contribution is -2.08. The second kappa shape index (κ2) is 6.65. The van der Waals surface area contributed by atoms with Crippen LogP contribution in [-0.4, -0.2) is 15.5 Å². The average Bonchev–Trinajstić information content (AvgIpc) is 2.46. The maximum Gasteiger partial charge on any atom is 0.255 e. The van der Waals surface area contributed by atoms with Gasteiger partial charge in [0, 0.05) is 11.1 Å². The lowest BCUT2D eigenvalue weighted by Gasteiger charge is -2.06. The second-order valence-corrected chi connectivity index (χ2v) is 6.18. The molecule has 2 aromatic rings. The van der Waals surface area contributed by atoms with Crippen LogP contribution in [0.25, 0.3) is 6.08 Å².